The molecular weight excluding hydrogens is 538 g/mol. The Morgan fingerprint density at radius 3 is 2.53 bits per heavy atom. The number of ether oxygens (including phenoxy) is 2. The summed E-state index contributed by atoms with van der Waals surface area (Å²) in [5.41, 5.74) is 3.65. The summed E-state index contributed by atoms with van der Waals surface area (Å²) in [5.74, 6) is 0.743. The van der Waals surface area contributed by atoms with Gasteiger partial charge in [-0.15, -0.1) is 0 Å². The number of hydrogen-bond acceptors (Lipinski definition) is 5. The van der Waals surface area contributed by atoms with E-state index in [1.54, 1.807) is 19.3 Å². The molecule has 0 bridgehead atoms. The van der Waals surface area contributed by atoms with Crippen molar-refractivity contribution in [3.63, 3.8) is 0 Å². The van der Waals surface area contributed by atoms with E-state index in [4.69, 9.17) is 21.1 Å². The van der Waals surface area contributed by atoms with Crippen molar-refractivity contribution in [1.29, 1.82) is 0 Å². The molecule has 1 aliphatic heterocycles. The van der Waals surface area contributed by atoms with Crippen LogP contribution in [0.4, 0.5) is 4.79 Å². The monoisotopic (exact) mass is 557 g/mol. The van der Waals surface area contributed by atoms with E-state index in [-0.39, 0.29) is 17.7 Å². The largest absolute Gasteiger partial charge is 0.493 e. The Labute approximate surface area is 215 Å². The first-order chi connectivity index (χ1) is 16.4. The molecule has 0 saturated carbocycles. The molecule has 0 aromatic heterocycles. The minimum absolute atomic E-state index is 0.249. The third kappa shape index (κ3) is 5.49. The number of methoxy groups -OCH3 is 1. The van der Waals surface area contributed by atoms with Crippen LogP contribution in [0.15, 0.2) is 70.0 Å². The molecule has 1 aliphatic rings. The van der Waals surface area contributed by atoms with E-state index < -0.39 is 0 Å². The number of imide groups is 1. The highest BCUT2D eigenvalue weighted by atomic mass is 79.9. The molecule has 0 N–H and O–H groups in total. The summed E-state index contributed by atoms with van der Waals surface area (Å²) < 4.78 is 12.2. The highest BCUT2D eigenvalue weighted by Gasteiger charge is 2.35. The highest BCUT2D eigenvalue weighted by molar-refractivity contribution is 9.10. The lowest BCUT2D eigenvalue weighted by molar-refractivity contribution is -0.123. The average molecular weight is 559 g/mol. The number of carbonyl (C=O) groups is 2. The fourth-order valence-corrected chi connectivity index (χ4v) is 4.98. The molecule has 174 valence electrons. The predicted molar refractivity (Wildman–Crippen MR) is 139 cm³/mol. The number of benzene rings is 3. The Balaban J connectivity index is 1.53. The van der Waals surface area contributed by atoms with Crippen molar-refractivity contribution < 1.29 is 19.1 Å². The van der Waals surface area contributed by atoms with Crippen LogP contribution in [-0.4, -0.2) is 23.2 Å². The molecule has 8 heteroatoms. The molecule has 34 heavy (non-hydrogen) atoms. The van der Waals surface area contributed by atoms with Crippen molar-refractivity contribution in [1.82, 2.24) is 4.90 Å². The fraction of sp³-hybridized carbons (Fsp3) is 0.154. The fourth-order valence-electron chi connectivity index (χ4n) is 3.44. The van der Waals surface area contributed by atoms with E-state index in [1.807, 2.05) is 61.5 Å². The predicted octanol–water partition coefficient (Wildman–Crippen LogP) is 7.24. The van der Waals surface area contributed by atoms with E-state index >= 15 is 0 Å². The molecule has 0 atom stereocenters. The second-order valence-corrected chi connectivity index (χ2v) is 9.93. The Kier molecular flexibility index (Phi) is 7.66. The van der Waals surface area contributed by atoms with Crippen LogP contribution in [-0.2, 0) is 17.9 Å². The topological polar surface area (TPSA) is 55.8 Å². The zero-order valence-electron chi connectivity index (χ0n) is 18.5. The maximum absolute atomic E-state index is 13.0. The van der Waals surface area contributed by atoms with Crippen molar-refractivity contribution >= 4 is 56.5 Å². The SMILES string of the molecule is COc1cc(/C=C2\SC(=O)N(Cc3ccccc3C)C2=O)cc(Br)c1OCc1ccc(Cl)cc1. The van der Waals surface area contributed by atoms with Crippen molar-refractivity contribution in [3.8, 4) is 11.5 Å². The van der Waals surface area contributed by atoms with Gasteiger partial charge >= 0.3 is 0 Å². The minimum Gasteiger partial charge on any atom is -0.493 e. The number of nitrogens with zero attached hydrogens (tertiary/aromatic N) is 1. The van der Waals surface area contributed by atoms with Gasteiger partial charge in [0.05, 0.1) is 23.0 Å². The van der Waals surface area contributed by atoms with Crippen LogP contribution in [0.1, 0.15) is 22.3 Å². The van der Waals surface area contributed by atoms with Crippen LogP contribution in [0.3, 0.4) is 0 Å². The first kappa shape index (κ1) is 24.4. The molecule has 0 aliphatic carbocycles. The van der Waals surface area contributed by atoms with Gasteiger partial charge in [-0.1, -0.05) is 48.0 Å². The number of rotatable bonds is 7. The Morgan fingerprint density at radius 1 is 1.09 bits per heavy atom. The molecule has 0 radical (unpaired) electrons. The number of amides is 2. The summed E-state index contributed by atoms with van der Waals surface area (Å²) in [6.07, 6.45) is 1.69. The second kappa shape index (κ2) is 10.7. The normalized spacial score (nSPS) is 14.7. The van der Waals surface area contributed by atoms with Gasteiger partial charge in [-0.25, -0.2) is 0 Å². The molecule has 2 amide bonds. The molecule has 3 aromatic carbocycles. The van der Waals surface area contributed by atoms with Crippen LogP contribution in [0, 0.1) is 6.92 Å². The van der Waals surface area contributed by atoms with Gasteiger partial charge in [0.1, 0.15) is 6.61 Å². The number of carbonyl (C=O) groups excluding carboxylic acids is 2. The summed E-state index contributed by atoms with van der Waals surface area (Å²) in [6.45, 7) is 2.55. The number of aryl methyl sites for hydroxylation is 1. The number of halogens is 2. The van der Waals surface area contributed by atoms with Crippen LogP contribution in [0.25, 0.3) is 6.08 Å². The van der Waals surface area contributed by atoms with Gasteiger partial charge in [0, 0.05) is 5.02 Å². The van der Waals surface area contributed by atoms with Crippen LogP contribution in [0.5, 0.6) is 11.5 Å². The van der Waals surface area contributed by atoms with Crippen molar-refractivity contribution in [3.05, 3.63) is 97.3 Å². The maximum Gasteiger partial charge on any atom is 0.293 e. The van der Waals surface area contributed by atoms with Gasteiger partial charge in [-0.3, -0.25) is 14.5 Å². The van der Waals surface area contributed by atoms with Gasteiger partial charge in [0.25, 0.3) is 11.1 Å². The standard InChI is InChI=1S/C26H21BrClNO4S/c1-16-5-3-4-6-19(16)14-29-25(30)23(34-26(29)31)13-18-11-21(27)24(22(12-18)32-2)33-15-17-7-9-20(28)10-8-17/h3-13H,14-15H2,1-2H3/b23-13-. The number of thioether (sulfide) groups is 1. The first-order valence-corrected chi connectivity index (χ1v) is 12.4. The van der Waals surface area contributed by atoms with E-state index in [2.05, 4.69) is 15.9 Å². The average Bonchev–Trinajstić information content (AvgIpc) is 3.07. The third-order valence-corrected chi connectivity index (χ3v) is 7.06. The van der Waals surface area contributed by atoms with E-state index in [9.17, 15) is 9.59 Å². The lowest BCUT2D eigenvalue weighted by Crippen LogP contribution is -2.27. The molecular formula is C26H21BrClNO4S. The van der Waals surface area contributed by atoms with Crippen molar-refractivity contribution in [2.75, 3.05) is 7.11 Å². The van der Waals surface area contributed by atoms with Crippen LogP contribution in [0.2, 0.25) is 5.02 Å². The van der Waals surface area contributed by atoms with Crippen LogP contribution >= 0.6 is 39.3 Å². The summed E-state index contributed by atoms with van der Waals surface area (Å²) in [5, 5.41) is 0.378. The Bertz CT molecular complexity index is 1280. The van der Waals surface area contributed by atoms with Gasteiger partial charge in [0.15, 0.2) is 11.5 Å². The summed E-state index contributed by atoms with van der Waals surface area (Å²) in [7, 11) is 1.55. The van der Waals surface area contributed by atoms with Gasteiger partial charge in [-0.05, 0) is 87.2 Å². The van der Waals surface area contributed by atoms with Gasteiger partial charge in [-0.2, -0.15) is 0 Å². The summed E-state index contributed by atoms with van der Waals surface area (Å²) >= 11 is 10.4. The number of hydrogen-bond donors (Lipinski definition) is 0. The zero-order chi connectivity index (χ0) is 24.2. The summed E-state index contributed by atoms with van der Waals surface area (Å²) in [6, 6.07) is 18.7. The Morgan fingerprint density at radius 2 is 1.82 bits per heavy atom. The van der Waals surface area contributed by atoms with Crippen LogP contribution < -0.4 is 9.47 Å². The molecule has 1 saturated heterocycles. The summed E-state index contributed by atoms with van der Waals surface area (Å²) in [4.78, 5) is 27.2. The Hall–Kier alpha value is -2.74. The lowest BCUT2D eigenvalue weighted by Gasteiger charge is -2.14. The lowest BCUT2D eigenvalue weighted by atomic mass is 10.1. The minimum atomic E-state index is -0.309. The zero-order valence-corrected chi connectivity index (χ0v) is 21.7. The molecule has 5 nitrogen and oxygen atoms in total. The first-order valence-electron chi connectivity index (χ1n) is 10.4. The van der Waals surface area contributed by atoms with Gasteiger partial charge in [0.2, 0.25) is 0 Å². The van der Waals surface area contributed by atoms with E-state index in [0.717, 1.165) is 28.5 Å². The van der Waals surface area contributed by atoms with Crippen molar-refractivity contribution in [2.24, 2.45) is 0 Å². The second-order valence-electron chi connectivity index (χ2n) is 7.64. The molecule has 0 unspecified atom stereocenters. The van der Waals surface area contributed by atoms with E-state index in [1.165, 1.54) is 4.90 Å². The molecule has 0 spiro atoms. The molecule has 1 heterocycles. The van der Waals surface area contributed by atoms with Crippen molar-refractivity contribution in [2.45, 2.75) is 20.1 Å². The maximum atomic E-state index is 13.0. The third-order valence-electron chi connectivity index (χ3n) is 5.31. The molecule has 4 rings (SSSR count). The highest BCUT2D eigenvalue weighted by Crippen LogP contribution is 2.39. The molecule has 3 aromatic rings. The van der Waals surface area contributed by atoms with Gasteiger partial charge < -0.3 is 9.47 Å². The smallest absolute Gasteiger partial charge is 0.293 e. The molecule has 1 fully saturated rings. The quantitative estimate of drug-likeness (QED) is 0.286. The van der Waals surface area contributed by atoms with E-state index in [0.29, 0.717) is 38.1 Å².